The molecule has 1 aromatic heterocycles. The number of carbonyl (C=O) groups is 1. The normalized spacial score (nSPS) is 17.3. The fraction of sp³-hybridized carbons (Fsp3) is 0.250. The number of aromatic nitrogens is 2. The number of benzene rings is 2. The zero-order valence-corrected chi connectivity index (χ0v) is 14.3. The van der Waals surface area contributed by atoms with E-state index in [0.717, 1.165) is 22.4 Å². The maximum Gasteiger partial charge on any atom is 0.232 e. The van der Waals surface area contributed by atoms with Crippen LogP contribution in [0.15, 0.2) is 53.1 Å². The van der Waals surface area contributed by atoms with Crippen LogP contribution in [0.1, 0.15) is 29.4 Å². The summed E-state index contributed by atoms with van der Waals surface area (Å²) in [5.41, 5.74) is 4.12. The van der Waals surface area contributed by atoms with Crippen molar-refractivity contribution in [3.63, 3.8) is 0 Å². The molecule has 0 radical (unpaired) electrons. The second-order valence-corrected chi connectivity index (χ2v) is 6.57. The molecule has 1 saturated heterocycles. The molecule has 4 rings (SSSR count). The maximum atomic E-state index is 12.4. The van der Waals surface area contributed by atoms with Crippen LogP contribution in [0, 0.1) is 13.8 Å². The van der Waals surface area contributed by atoms with Crippen LogP contribution in [0.5, 0.6) is 0 Å². The molecule has 1 fully saturated rings. The third-order valence-corrected chi connectivity index (χ3v) is 4.51. The fourth-order valence-corrected chi connectivity index (χ4v) is 3.22. The molecule has 2 aromatic carbocycles. The molecule has 1 aliphatic rings. The number of nitrogens with zero attached hydrogens (tertiary/aromatic N) is 3. The minimum atomic E-state index is -0.0703. The number of hydrogen-bond donors (Lipinski definition) is 0. The third kappa shape index (κ3) is 3.05. The Hall–Kier alpha value is -2.95. The van der Waals surface area contributed by atoms with Crippen LogP contribution >= 0.6 is 0 Å². The van der Waals surface area contributed by atoms with Gasteiger partial charge in [0.1, 0.15) is 0 Å². The highest BCUT2D eigenvalue weighted by Gasteiger charge is 2.35. The first-order valence-corrected chi connectivity index (χ1v) is 8.38. The Morgan fingerprint density at radius 3 is 2.60 bits per heavy atom. The van der Waals surface area contributed by atoms with Crippen molar-refractivity contribution in [1.29, 1.82) is 0 Å². The lowest BCUT2D eigenvalue weighted by atomic mass is 10.1. The summed E-state index contributed by atoms with van der Waals surface area (Å²) in [4.78, 5) is 18.8. The second kappa shape index (κ2) is 6.16. The Kier molecular flexibility index (Phi) is 3.84. The van der Waals surface area contributed by atoms with Crippen molar-refractivity contribution in [2.45, 2.75) is 26.2 Å². The molecular formula is C20H19N3O2. The van der Waals surface area contributed by atoms with Gasteiger partial charge in [-0.3, -0.25) is 4.79 Å². The van der Waals surface area contributed by atoms with Crippen LogP contribution in [-0.2, 0) is 4.79 Å². The van der Waals surface area contributed by atoms with Crippen LogP contribution in [-0.4, -0.2) is 22.6 Å². The molecule has 5 nitrogen and oxygen atoms in total. The van der Waals surface area contributed by atoms with E-state index < -0.39 is 0 Å². The van der Waals surface area contributed by atoms with E-state index in [1.54, 1.807) is 4.90 Å². The Morgan fingerprint density at radius 1 is 1.08 bits per heavy atom. The van der Waals surface area contributed by atoms with Crippen molar-refractivity contribution < 1.29 is 9.32 Å². The molecule has 5 heteroatoms. The molecular weight excluding hydrogens is 314 g/mol. The van der Waals surface area contributed by atoms with Crippen LogP contribution in [0.3, 0.4) is 0 Å². The average Bonchev–Trinajstić information content (AvgIpc) is 3.21. The first-order valence-electron chi connectivity index (χ1n) is 8.38. The van der Waals surface area contributed by atoms with E-state index in [1.165, 1.54) is 0 Å². The maximum absolute atomic E-state index is 12.4. The number of rotatable bonds is 3. The van der Waals surface area contributed by atoms with E-state index >= 15 is 0 Å². The standard InChI is InChI=1S/C20H19N3O2/c1-13-5-3-7-15(9-13)19-21-20(25-22-19)16-11-18(24)23(12-16)17-8-4-6-14(2)10-17/h3-10,16H,11-12H2,1-2H3. The molecule has 2 heterocycles. The summed E-state index contributed by atoms with van der Waals surface area (Å²) in [5.74, 6) is 1.12. The van der Waals surface area contributed by atoms with Crippen molar-refractivity contribution in [3.05, 3.63) is 65.5 Å². The molecule has 0 spiro atoms. The lowest BCUT2D eigenvalue weighted by Crippen LogP contribution is -2.24. The Balaban J connectivity index is 1.57. The van der Waals surface area contributed by atoms with E-state index in [1.807, 2.05) is 62.4 Å². The van der Waals surface area contributed by atoms with Gasteiger partial charge in [0, 0.05) is 24.2 Å². The summed E-state index contributed by atoms with van der Waals surface area (Å²) in [5, 5.41) is 4.09. The number of hydrogen-bond acceptors (Lipinski definition) is 4. The van der Waals surface area contributed by atoms with E-state index in [2.05, 4.69) is 10.1 Å². The quantitative estimate of drug-likeness (QED) is 0.730. The SMILES string of the molecule is Cc1cccc(-c2noc(C3CC(=O)N(c4cccc(C)c4)C3)n2)c1. The van der Waals surface area contributed by atoms with Gasteiger partial charge in [0.15, 0.2) is 0 Å². The van der Waals surface area contributed by atoms with Crippen LogP contribution < -0.4 is 4.90 Å². The Morgan fingerprint density at radius 2 is 1.84 bits per heavy atom. The largest absolute Gasteiger partial charge is 0.339 e. The molecule has 0 bridgehead atoms. The number of amides is 1. The molecule has 1 aliphatic heterocycles. The van der Waals surface area contributed by atoms with Gasteiger partial charge >= 0.3 is 0 Å². The van der Waals surface area contributed by atoms with Crippen molar-refractivity contribution in [2.24, 2.45) is 0 Å². The van der Waals surface area contributed by atoms with Crippen LogP contribution in [0.4, 0.5) is 5.69 Å². The molecule has 1 amide bonds. The molecule has 1 unspecified atom stereocenters. The summed E-state index contributed by atoms with van der Waals surface area (Å²) >= 11 is 0. The Bertz CT molecular complexity index is 932. The first kappa shape index (κ1) is 15.6. The molecule has 0 aliphatic carbocycles. The summed E-state index contributed by atoms with van der Waals surface area (Å²) in [6.45, 7) is 4.62. The molecule has 3 aromatic rings. The van der Waals surface area contributed by atoms with Gasteiger partial charge in [-0.1, -0.05) is 41.1 Å². The topological polar surface area (TPSA) is 59.2 Å². The van der Waals surface area contributed by atoms with Crippen LogP contribution in [0.25, 0.3) is 11.4 Å². The highest BCUT2D eigenvalue weighted by atomic mass is 16.5. The summed E-state index contributed by atoms with van der Waals surface area (Å²) < 4.78 is 5.46. The van der Waals surface area contributed by atoms with Crippen molar-refractivity contribution >= 4 is 11.6 Å². The van der Waals surface area contributed by atoms with Gasteiger partial charge in [-0.05, 0) is 37.6 Å². The predicted octanol–water partition coefficient (Wildman–Crippen LogP) is 3.87. The highest BCUT2D eigenvalue weighted by molar-refractivity contribution is 5.96. The summed E-state index contributed by atoms with van der Waals surface area (Å²) in [6, 6.07) is 15.9. The Labute approximate surface area is 146 Å². The highest BCUT2D eigenvalue weighted by Crippen LogP contribution is 2.32. The van der Waals surface area contributed by atoms with Gasteiger partial charge < -0.3 is 9.42 Å². The van der Waals surface area contributed by atoms with Gasteiger partial charge in [0.25, 0.3) is 0 Å². The lowest BCUT2D eigenvalue weighted by Gasteiger charge is -2.16. The fourth-order valence-electron chi connectivity index (χ4n) is 3.22. The van der Waals surface area contributed by atoms with Crippen molar-refractivity contribution in [2.75, 3.05) is 11.4 Å². The summed E-state index contributed by atoms with van der Waals surface area (Å²) in [6.07, 6.45) is 0.392. The number of anilines is 1. The van der Waals surface area contributed by atoms with Gasteiger partial charge in [-0.25, -0.2) is 0 Å². The minimum Gasteiger partial charge on any atom is -0.339 e. The summed E-state index contributed by atoms with van der Waals surface area (Å²) in [7, 11) is 0. The van der Waals surface area contributed by atoms with Gasteiger partial charge in [0.2, 0.25) is 17.6 Å². The van der Waals surface area contributed by atoms with E-state index in [4.69, 9.17) is 4.52 Å². The molecule has 0 N–H and O–H groups in total. The average molecular weight is 333 g/mol. The molecule has 126 valence electrons. The second-order valence-electron chi connectivity index (χ2n) is 6.57. The predicted molar refractivity (Wildman–Crippen MR) is 95.4 cm³/mol. The smallest absolute Gasteiger partial charge is 0.232 e. The zero-order valence-electron chi connectivity index (χ0n) is 14.3. The van der Waals surface area contributed by atoms with Crippen LogP contribution in [0.2, 0.25) is 0 Å². The monoisotopic (exact) mass is 333 g/mol. The lowest BCUT2D eigenvalue weighted by molar-refractivity contribution is -0.117. The zero-order chi connectivity index (χ0) is 17.4. The van der Waals surface area contributed by atoms with E-state index in [0.29, 0.717) is 24.7 Å². The van der Waals surface area contributed by atoms with Crippen molar-refractivity contribution in [1.82, 2.24) is 10.1 Å². The third-order valence-electron chi connectivity index (χ3n) is 4.51. The van der Waals surface area contributed by atoms with E-state index in [-0.39, 0.29) is 11.8 Å². The molecule has 25 heavy (non-hydrogen) atoms. The molecule has 1 atom stereocenters. The minimum absolute atomic E-state index is 0.0703. The van der Waals surface area contributed by atoms with Gasteiger partial charge in [-0.2, -0.15) is 4.98 Å². The molecule has 0 saturated carbocycles. The van der Waals surface area contributed by atoms with E-state index in [9.17, 15) is 4.79 Å². The van der Waals surface area contributed by atoms with Gasteiger partial charge in [-0.15, -0.1) is 0 Å². The number of aryl methyl sites for hydroxylation is 2. The number of carbonyl (C=O) groups excluding carboxylic acids is 1. The van der Waals surface area contributed by atoms with Gasteiger partial charge in [0.05, 0.1) is 5.92 Å². The van der Waals surface area contributed by atoms with Crippen molar-refractivity contribution in [3.8, 4) is 11.4 Å². The first-order chi connectivity index (χ1) is 12.1.